The highest BCUT2D eigenvalue weighted by atomic mass is 16.5. The maximum Gasteiger partial charge on any atom is 0.226 e. The molecule has 0 aromatic heterocycles. The van der Waals surface area contributed by atoms with Crippen molar-refractivity contribution in [1.82, 2.24) is 0 Å². The van der Waals surface area contributed by atoms with Crippen molar-refractivity contribution in [1.29, 1.82) is 0 Å². The normalized spacial score (nSPS) is 13.9. The number of aromatic hydroxyl groups is 2. The minimum atomic E-state index is -0.255. The van der Waals surface area contributed by atoms with Gasteiger partial charge in [-0.15, -0.1) is 0 Å². The summed E-state index contributed by atoms with van der Waals surface area (Å²) < 4.78 is 1.06. The molecule has 0 aliphatic heterocycles. The molecule has 0 fully saturated rings. The van der Waals surface area contributed by atoms with Gasteiger partial charge in [-0.05, 0) is 49.7 Å². The van der Waals surface area contributed by atoms with E-state index < -0.39 is 0 Å². The lowest BCUT2D eigenvalue weighted by Gasteiger charge is -2.27. The van der Waals surface area contributed by atoms with E-state index in [4.69, 9.17) is 0 Å². The van der Waals surface area contributed by atoms with Gasteiger partial charge in [0.2, 0.25) is 12.8 Å². The Bertz CT molecular complexity index is 1080. The Hall–Kier alpha value is -2.49. The molecule has 0 radical (unpaired) electrons. The van der Waals surface area contributed by atoms with Gasteiger partial charge in [0.05, 0.1) is 11.1 Å². The van der Waals surface area contributed by atoms with Crippen LogP contribution < -0.4 is 0 Å². The number of benzene rings is 2. The molecule has 0 heterocycles. The van der Waals surface area contributed by atoms with Gasteiger partial charge in [-0.1, -0.05) is 95.2 Å². The van der Waals surface area contributed by atoms with Crippen molar-refractivity contribution in [3.8, 4) is 11.5 Å². The molecule has 188 valence electrons. The summed E-state index contributed by atoms with van der Waals surface area (Å²) >= 11 is 0. The number of hydrogen-bond donors (Lipinski definition) is 3. The van der Waals surface area contributed by atoms with Crippen molar-refractivity contribution in [2.24, 2.45) is 0 Å². The second kappa shape index (κ2) is 8.94. The fourth-order valence-electron chi connectivity index (χ4n) is 3.96. The molecule has 2 rings (SSSR count). The molecule has 0 saturated carbocycles. The van der Waals surface area contributed by atoms with Crippen LogP contribution in [0.15, 0.2) is 24.3 Å². The maximum absolute atomic E-state index is 11.1. The number of hydrogen-bond acceptors (Lipinski definition) is 3. The Labute approximate surface area is 206 Å². The van der Waals surface area contributed by atoms with Crippen molar-refractivity contribution < 1.29 is 20.2 Å². The van der Waals surface area contributed by atoms with Crippen LogP contribution in [0.5, 0.6) is 11.5 Å². The van der Waals surface area contributed by atoms with E-state index in [0.717, 1.165) is 27.0 Å². The summed E-state index contributed by atoms with van der Waals surface area (Å²) in [6.45, 7) is 25.4. The predicted molar refractivity (Wildman–Crippen MR) is 142 cm³/mol. The average molecular weight is 469 g/mol. The summed E-state index contributed by atoms with van der Waals surface area (Å²) in [5, 5.41) is 33.1. The minimum Gasteiger partial charge on any atom is -0.507 e. The number of phenols is 2. The van der Waals surface area contributed by atoms with Crippen molar-refractivity contribution >= 4 is 6.21 Å². The third kappa shape index (κ3) is 6.34. The first-order valence-corrected chi connectivity index (χ1v) is 12.2. The third-order valence-corrected chi connectivity index (χ3v) is 6.30. The molecule has 0 saturated heterocycles. The number of rotatable bonds is 3. The van der Waals surface area contributed by atoms with E-state index in [1.54, 1.807) is 6.21 Å². The number of hydroxylamine groups is 1. The minimum absolute atomic E-state index is 0.100. The van der Waals surface area contributed by atoms with E-state index in [1.807, 2.05) is 12.1 Å². The molecular weight excluding hydrogens is 422 g/mol. The van der Waals surface area contributed by atoms with E-state index >= 15 is 0 Å². The molecule has 2 aromatic carbocycles. The second-order valence-corrected chi connectivity index (χ2v) is 13.7. The standard InChI is InChI=1S/C30H45NO3/c1-27(2,3)21-13-19(25(32)23(15-21)29(7,8)9)17-31(34)18-20-14-22(28(4,5)6)16-24(26(20)33)30(10,11)12/h13-17,33-34H,18H2,1-12H3/p+1. The lowest BCUT2D eigenvalue weighted by molar-refractivity contribution is -0.783. The monoisotopic (exact) mass is 468 g/mol. The molecular formula is C30H46NO3+. The van der Waals surface area contributed by atoms with Gasteiger partial charge in [-0.2, -0.15) is 0 Å². The van der Waals surface area contributed by atoms with Crippen molar-refractivity contribution in [2.45, 2.75) is 111 Å². The van der Waals surface area contributed by atoms with Crippen molar-refractivity contribution in [3.05, 3.63) is 57.6 Å². The summed E-state index contributed by atoms with van der Waals surface area (Å²) in [6, 6.07) is 8.02. The Kier molecular flexibility index (Phi) is 7.30. The van der Waals surface area contributed by atoms with Crippen molar-refractivity contribution in [3.63, 3.8) is 0 Å². The first-order valence-electron chi connectivity index (χ1n) is 12.2. The van der Waals surface area contributed by atoms with E-state index in [2.05, 4.69) is 95.2 Å². The van der Waals surface area contributed by atoms with Gasteiger partial charge >= 0.3 is 0 Å². The molecule has 4 heteroatoms. The van der Waals surface area contributed by atoms with Crippen LogP contribution in [0, 0.1) is 0 Å². The number of phenolic OH excluding ortho intramolecular Hbond substituents is 2. The highest BCUT2D eigenvalue weighted by molar-refractivity contribution is 5.81. The summed E-state index contributed by atoms with van der Waals surface area (Å²) in [5.41, 5.74) is 4.38. The van der Waals surface area contributed by atoms with Gasteiger partial charge < -0.3 is 10.2 Å². The fourth-order valence-corrected chi connectivity index (χ4v) is 3.96. The molecule has 3 N–H and O–H groups in total. The quantitative estimate of drug-likeness (QED) is 0.191. The molecule has 0 aliphatic carbocycles. The van der Waals surface area contributed by atoms with Crippen LogP contribution in [-0.2, 0) is 28.2 Å². The Morgan fingerprint density at radius 3 is 1.44 bits per heavy atom. The van der Waals surface area contributed by atoms with Crippen LogP contribution in [-0.4, -0.2) is 26.4 Å². The second-order valence-electron chi connectivity index (χ2n) is 13.7. The average Bonchev–Trinajstić information content (AvgIpc) is 2.61. The smallest absolute Gasteiger partial charge is 0.226 e. The van der Waals surface area contributed by atoms with Gasteiger partial charge in [0, 0.05) is 11.1 Å². The maximum atomic E-state index is 11.1. The highest BCUT2D eigenvalue weighted by Crippen LogP contribution is 2.39. The van der Waals surface area contributed by atoms with Crippen LogP contribution in [0.3, 0.4) is 0 Å². The lowest BCUT2D eigenvalue weighted by atomic mass is 9.79. The van der Waals surface area contributed by atoms with Crippen LogP contribution in [0.4, 0.5) is 0 Å². The van der Waals surface area contributed by atoms with Crippen molar-refractivity contribution in [2.75, 3.05) is 0 Å². The molecule has 34 heavy (non-hydrogen) atoms. The summed E-state index contributed by atoms with van der Waals surface area (Å²) in [6.07, 6.45) is 1.56. The molecule has 0 amide bonds. The first-order chi connectivity index (χ1) is 15.1. The molecule has 0 unspecified atom stereocenters. The number of nitrogens with zero attached hydrogens (tertiary/aromatic N) is 1. The van der Waals surface area contributed by atoms with E-state index in [9.17, 15) is 15.4 Å². The van der Waals surface area contributed by atoms with Crippen LogP contribution in [0.1, 0.15) is 116 Å². The zero-order chi connectivity index (χ0) is 26.4. The Morgan fingerprint density at radius 1 is 0.618 bits per heavy atom. The van der Waals surface area contributed by atoms with Crippen LogP contribution in [0.2, 0.25) is 0 Å². The van der Waals surface area contributed by atoms with Gasteiger partial charge in [0.15, 0.2) is 0 Å². The molecule has 2 aromatic rings. The molecule has 0 bridgehead atoms. The summed E-state index contributed by atoms with van der Waals surface area (Å²) in [7, 11) is 0. The molecule has 0 aliphatic rings. The van der Waals surface area contributed by atoms with E-state index in [1.165, 1.54) is 0 Å². The first kappa shape index (κ1) is 27.8. The summed E-state index contributed by atoms with van der Waals surface area (Å²) in [4.78, 5) is 0. The molecule has 0 spiro atoms. The molecule has 4 nitrogen and oxygen atoms in total. The Morgan fingerprint density at radius 2 is 1.03 bits per heavy atom. The lowest BCUT2D eigenvalue weighted by Crippen LogP contribution is -2.19. The highest BCUT2D eigenvalue weighted by Gasteiger charge is 2.28. The summed E-state index contributed by atoms with van der Waals surface area (Å²) in [5.74, 6) is 0.374. The Balaban J connectivity index is 2.66. The fraction of sp³-hybridized carbons (Fsp3) is 0.567. The van der Waals surface area contributed by atoms with Crippen LogP contribution >= 0.6 is 0 Å². The zero-order valence-electron chi connectivity index (χ0n) is 23.4. The predicted octanol–water partition coefficient (Wildman–Crippen LogP) is 7.31. The zero-order valence-corrected chi connectivity index (χ0v) is 23.4. The topological polar surface area (TPSA) is 63.7 Å². The molecule has 0 atom stereocenters. The SMILES string of the molecule is CC(C)(C)c1cc(/C=[N+](\O)Cc2cc(C(C)(C)C)cc(C(C)(C)C)c2O)c(O)c(C(C)(C)C)c1. The van der Waals surface area contributed by atoms with Gasteiger partial charge in [-0.3, -0.25) is 5.21 Å². The largest absolute Gasteiger partial charge is 0.507 e. The van der Waals surface area contributed by atoms with E-state index in [-0.39, 0.29) is 39.7 Å². The van der Waals surface area contributed by atoms with Gasteiger partial charge in [0.1, 0.15) is 11.5 Å². The van der Waals surface area contributed by atoms with Gasteiger partial charge in [0.25, 0.3) is 0 Å². The van der Waals surface area contributed by atoms with Crippen LogP contribution in [0.25, 0.3) is 0 Å². The third-order valence-electron chi connectivity index (χ3n) is 6.30. The van der Waals surface area contributed by atoms with E-state index in [0.29, 0.717) is 11.1 Å². The van der Waals surface area contributed by atoms with Gasteiger partial charge in [-0.25, -0.2) is 0 Å².